The van der Waals surface area contributed by atoms with Gasteiger partial charge in [-0.2, -0.15) is 0 Å². The van der Waals surface area contributed by atoms with Crippen LogP contribution in [0, 0.1) is 10.1 Å². The largest absolute Gasteiger partial charge is 0.385 e. The molecule has 2 atom stereocenters. The van der Waals surface area contributed by atoms with Crippen molar-refractivity contribution in [3.05, 3.63) is 33.9 Å². The Morgan fingerprint density at radius 1 is 1.79 bits per heavy atom. The molecule has 0 saturated carbocycles. The van der Waals surface area contributed by atoms with E-state index in [2.05, 4.69) is 0 Å². The Morgan fingerprint density at radius 3 is 2.86 bits per heavy atom. The zero-order chi connectivity index (χ0) is 10.8. The zero-order valence-electron chi connectivity index (χ0n) is 8.14. The van der Waals surface area contributed by atoms with Crippen LogP contribution in [0.1, 0.15) is 13.8 Å². The first-order valence-electron chi connectivity index (χ1n) is 4.37. The Morgan fingerprint density at radius 2 is 2.43 bits per heavy atom. The standard InChI is InChI=1S/C9H13NO4/c1-3-14-9(10(12)13)5-4-8(11)7(2)6-9/h4-6,8,11H,3H2,1-2H3. The molecule has 0 spiro atoms. The summed E-state index contributed by atoms with van der Waals surface area (Å²) in [5.74, 6) is 0. The van der Waals surface area contributed by atoms with E-state index in [1.165, 1.54) is 18.2 Å². The first-order chi connectivity index (χ1) is 6.52. The van der Waals surface area contributed by atoms with E-state index in [4.69, 9.17) is 4.74 Å². The Kier molecular flexibility index (Phi) is 3.03. The van der Waals surface area contributed by atoms with Crippen molar-refractivity contribution in [2.45, 2.75) is 25.7 Å². The van der Waals surface area contributed by atoms with Crippen LogP contribution < -0.4 is 0 Å². The van der Waals surface area contributed by atoms with Crippen LogP contribution in [0.5, 0.6) is 0 Å². The van der Waals surface area contributed by atoms with Gasteiger partial charge in [0.1, 0.15) is 0 Å². The predicted molar refractivity (Wildman–Crippen MR) is 50.3 cm³/mol. The maximum atomic E-state index is 10.8. The van der Waals surface area contributed by atoms with Gasteiger partial charge in [-0.05, 0) is 25.5 Å². The lowest BCUT2D eigenvalue weighted by Gasteiger charge is -2.23. The van der Waals surface area contributed by atoms with E-state index in [0.29, 0.717) is 5.57 Å². The lowest BCUT2D eigenvalue weighted by atomic mass is 9.99. The Labute approximate surface area is 81.8 Å². The number of nitrogens with zero attached hydrogens (tertiary/aromatic N) is 1. The molecule has 0 saturated heterocycles. The Balaban J connectivity index is 3.01. The first-order valence-corrected chi connectivity index (χ1v) is 4.37. The van der Waals surface area contributed by atoms with Crippen molar-refractivity contribution in [1.29, 1.82) is 0 Å². The molecule has 14 heavy (non-hydrogen) atoms. The lowest BCUT2D eigenvalue weighted by Crippen LogP contribution is -2.40. The van der Waals surface area contributed by atoms with Gasteiger partial charge in [0.05, 0.1) is 17.6 Å². The van der Waals surface area contributed by atoms with Gasteiger partial charge in [-0.25, -0.2) is 0 Å². The molecule has 0 aromatic carbocycles. The smallest absolute Gasteiger partial charge is 0.364 e. The summed E-state index contributed by atoms with van der Waals surface area (Å²) in [5.41, 5.74) is -1.07. The Bertz CT molecular complexity index is 297. The third kappa shape index (κ3) is 1.83. The molecule has 5 nitrogen and oxygen atoms in total. The third-order valence-corrected chi connectivity index (χ3v) is 2.08. The van der Waals surface area contributed by atoms with Crippen LogP contribution in [0.3, 0.4) is 0 Å². The SMILES string of the molecule is CCOC1([N+](=O)[O-])C=CC(O)C(C)=C1. The summed E-state index contributed by atoms with van der Waals surface area (Å²) in [6, 6.07) is 0. The van der Waals surface area contributed by atoms with Crippen LogP contribution in [0.25, 0.3) is 0 Å². The molecule has 0 heterocycles. The second-order valence-corrected chi connectivity index (χ2v) is 3.13. The van der Waals surface area contributed by atoms with E-state index in [9.17, 15) is 15.2 Å². The fourth-order valence-corrected chi connectivity index (χ4v) is 1.33. The van der Waals surface area contributed by atoms with Gasteiger partial charge < -0.3 is 9.84 Å². The summed E-state index contributed by atoms with van der Waals surface area (Å²) in [5, 5.41) is 20.1. The van der Waals surface area contributed by atoms with Crippen LogP contribution in [-0.4, -0.2) is 28.5 Å². The summed E-state index contributed by atoms with van der Waals surface area (Å²) < 4.78 is 5.08. The molecular formula is C9H13NO4. The maximum Gasteiger partial charge on any atom is 0.364 e. The van der Waals surface area contributed by atoms with Crippen molar-refractivity contribution >= 4 is 0 Å². The van der Waals surface area contributed by atoms with Gasteiger partial charge in [-0.1, -0.05) is 0 Å². The third-order valence-electron chi connectivity index (χ3n) is 2.08. The summed E-state index contributed by atoms with van der Waals surface area (Å²) in [4.78, 5) is 10.3. The van der Waals surface area contributed by atoms with Crippen LogP contribution in [0.2, 0.25) is 0 Å². The molecule has 1 aliphatic carbocycles. The molecule has 0 amide bonds. The highest BCUT2D eigenvalue weighted by Gasteiger charge is 2.41. The minimum Gasteiger partial charge on any atom is -0.385 e. The molecule has 78 valence electrons. The molecule has 0 aromatic rings. The normalized spacial score (nSPS) is 31.4. The molecule has 0 radical (unpaired) electrons. The fourth-order valence-electron chi connectivity index (χ4n) is 1.33. The average Bonchev–Trinajstić information content (AvgIpc) is 2.12. The second kappa shape index (κ2) is 3.89. The van der Waals surface area contributed by atoms with Gasteiger partial charge in [0, 0.05) is 12.2 Å². The monoisotopic (exact) mass is 199 g/mol. The highest BCUT2D eigenvalue weighted by molar-refractivity contribution is 5.26. The van der Waals surface area contributed by atoms with Gasteiger partial charge in [0.15, 0.2) is 0 Å². The number of ether oxygens (including phenoxy) is 1. The number of rotatable bonds is 3. The van der Waals surface area contributed by atoms with Crippen LogP contribution in [0.15, 0.2) is 23.8 Å². The van der Waals surface area contributed by atoms with E-state index in [1.54, 1.807) is 13.8 Å². The molecule has 1 N–H and O–H groups in total. The van der Waals surface area contributed by atoms with Crippen LogP contribution >= 0.6 is 0 Å². The van der Waals surface area contributed by atoms with Crippen molar-refractivity contribution in [2.24, 2.45) is 0 Å². The summed E-state index contributed by atoms with van der Waals surface area (Å²) in [6.45, 7) is 3.56. The van der Waals surface area contributed by atoms with Crippen molar-refractivity contribution in [3.63, 3.8) is 0 Å². The van der Waals surface area contributed by atoms with Crippen molar-refractivity contribution in [1.82, 2.24) is 0 Å². The van der Waals surface area contributed by atoms with E-state index in [-0.39, 0.29) is 6.61 Å². The topological polar surface area (TPSA) is 72.6 Å². The van der Waals surface area contributed by atoms with Gasteiger partial charge >= 0.3 is 5.72 Å². The molecule has 0 aliphatic heterocycles. The maximum absolute atomic E-state index is 10.8. The van der Waals surface area contributed by atoms with E-state index < -0.39 is 16.8 Å². The molecule has 0 aromatic heterocycles. The van der Waals surface area contributed by atoms with Crippen LogP contribution in [0.4, 0.5) is 0 Å². The van der Waals surface area contributed by atoms with Crippen molar-refractivity contribution < 1.29 is 14.8 Å². The molecule has 0 bridgehead atoms. The van der Waals surface area contributed by atoms with E-state index in [1.807, 2.05) is 0 Å². The quantitative estimate of drug-likeness (QED) is 0.317. The van der Waals surface area contributed by atoms with Gasteiger partial charge in [0.25, 0.3) is 0 Å². The average molecular weight is 199 g/mol. The van der Waals surface area contributed by atoms with Crippen molar-refractivity contribution in [3.8, 4) is 0 Å². The van der Waals surface area contributed by atoms with E-state index in [0.717, 1.165) is 0 Å². The zero-order valence-corrected chi connectivity index (χ0v) is 8.14. The molecule has 1 rings (SSSR count). The fraction of sp³-hybridized carbons (Fsp3) is 0.556. The second-order valence-electron chi connectivity index (χ2n) is 3.13. The minimum absolute atomic E-state index is 0.241. The van der Waals surface area contributed by atoms with Gasteiger partial charge in [0.2, 0.25) is 0 Å². The number of hydrogen-bond acceptors (Lipinski definition) is 4. The number of nitro groups is 1. The molecule has 2 unspecified atom stereocenters. The number of aliphatic hydroxyl groups excluding tert-OH is 1. The predicted octanol–water partition coefficient (Wildman–Crippen LogP) is 0.873. The summed E-state index contributed by atoms with van der Waals surface area (Å²) >= 11 is 0. The lowest BCUT2D eigenvalue weighted by molar-refractivity contribution is -0.597. The molecule has 1 aliphatic rings. The highest BCUT2D eigenvalue weighted by Crippen LogP contribution is 2.24. The number of aliphatic hydroxyl groups is 1. The number of hydrogen-bond donors (Lipinski definition) is 1. The van der Waals surface area contributed by atoms with Crippen LogP contribution in [-0.2, 0) is 4.74 Å². The summed E-state index contributed by atoms with van der Waals surface area (Å²) in [7, 11) is 0. The molecule has 0 fully saturated rings. The van der Waals surface area contributed by atoms with E-state index >= 15 is 0 Å². The van der Waals surface area contributed by atoms with Gasteiger partial charge in [-0.15, -0.1) is 0 Å². The Hall–Kier alpha value is -1.20. The highest BCUT2D eigenvalue weighted by atomic mass is 16.7. The van der Waals surface area contributed by atoms with Crippen molar-refractivity contribution in [2.75, 3.05) is 6.61 Å². The first kappa shape index (κ1) is 10.9. The molecule has 5 heteroatoms. The summed E-state index contributed by atoms with van der Waals surface area (Å²) in [6.07, 6.45) is 3.23. The molecular weight excluding hydrogens is 186 g/mol. The minimum atomic E-state index is -1.60. The van der Waals surface area contributed by atoms with Gasteiger partial charge in [-0.3, -0.25) is 10.1 Å².